The Morgan fingerprint density at radius 3 is 2.28 bits per heavy atom. The molecule has 0 amide bonds. The summed E-state index contributed by atoms with van der Waals surface area (Å²) in [5, 5.41) is 3.00. The lowest BCUT2D eigenvalue weighted by atomic mass is 10.1. The van der Waals surface area contributed by atoms with Gasteiger partial charge in [-0.15, -0.1) is 0 Å². The summed E-state index contributed by atoms with van der Waals surface area (Å²) in [6, 6.07) is 6.32. The van der Waals surface area contributed by atoms with Gasteiger partial charge in [-0.1, -0.05) is 31.2 Å². The van der Waals surface area contributed by atoms with Gasteiger partial charge in [0.1, 0.15) is 29.4 Å². The second-order valence-corrected chi connectivity index (χ2v) is 16.0. The summed E-state index contributed by atoms with van der Waals surface area (Å²) >= 11 is 0. The molecule has 3 atom stereocenters. The van der Waals surface area contributed by atoms with Gasteiger partial charge in [0.15, 0.2) is 18.8 Å². The van der Waals surface area contributed by atoms with E-state index in [1.54, 1.807) is 67.5 Å². The minimum absolute atomic E-state index is 0.00813. The molecule has 0 radical (unpaired) electrons. The predicted molar refractivity (Wildman–Crippen MR) is 175 cm³/mol. The first-order valence-corrected chi connectivity index (χ1v) is 17.1. The number of imidazole rings is 1. The highest BCUT2D eigenvalue weighted by Gasteiger charge is 2.34. The third-order valence-corrected chi connectivity index (χ3v) is 9.36. The maximum atomic E-state index is 14.5. The second kappa shape index (κ2) is 14.8. The summed E-state index contributed by atoms with van der Waals surface area (Å²) in [4.78, 5) is 49.8. The third-order valence-electron chi connectivity index (χ3n) is 6.49. The molecule has 3 unspecified atom stereocenters. The van der Waals surface area contributed by atoms with Gasteiger partial charge < -0.3 is 34.2 Å². The van der Waals surface area contributed by atoms with Gasteiger partial charge in [0, 0.05) is 19.4 Å². The van der Waals surface area contributed by atoms with Crippen molar-refractivity contribution in [3.05, 3.63) is 45.9 Å². The molecule has 15 heteroatoms. The van der Waals surface area contributed by atoms with Gasteiger partial charge >= 0.3 is 23.6 Å². The molecule has 0 saturated carbocycles. The molecule has 46 heavy (non-hydrogen) atoms. The molecule has 0 bridgehead atoms. The molecule has 3 rings (SSSR count). The first kappa shape index (κ1) is 36.7. The van der Waals surface area contributed by atoms with Crippen molar-refractivity contribution in [2.75, 3.05) is 32.2 Å². The number of H-pyrrole nitrogens is 1. The molecule has 0 saturated heterocycles. The largest absolute Gasteiger partial charge is 0.461 e. The quantitative estimate of drug-likeness (QED) is 0.129. The third kappa shape index (κ3) is 10.7. The zero-order valence-electron chi connectivity index (χ0n) is 28.1. The number of anilines is 1. The summed E-state index contributed by atoms with van der Waals surface area (Å²) in [6.45, 7) is 14.4. The molecule has 0 aliphatic rings. The van der Waals surface area contributed by atoms with Crippen LogP contribution >= 0.6 is 7.29 Å². The smallest absolute Gasteiger partial charge is 0.328 e. The van der Waals surface area contributed by atoms with Gasteiger partial charge in [-0.05, 0) is 59.6 Å². The van der Waals surface area contributed by atoms with Crippen molar-refractivity contribution in [1.29, 1.82) is 0 Å². The Bertz CT molecular complexity index is 1600. The van der Waals surface area contributed by atoms with Crippen LogP contribution in [0.5, 0.6) is 6.01 Å². The van der Waals surface area contributed by atoms with Gasteiger partial charge in [0.2, 0.25) is 0 Å². The van der Waals surface area contributed by atoms with Crippen LogP contribution in [0.15, 0.2) is 29.1 Å². The molecule has 0 aliphatic heterocycles. The number of fused-ring (bicyclic) bond motifs is 1. The average Bonchev–Trinajstić information content (AvgIpc) is 3.22. The van der Waals surface area contributed by atoms with Crippen LogP contribution in [0.2, 0.25) is 0 Å². The number of aromatic nitrogens is 4. The van der Waals surface area contributed by atoms with E-state index in [1.165, 1.54) is 11.7 Å². The highest BCUT2D eigenvalue weighted by Crippen LogP contribution is 2.47. The van der Waals surface area contributed by atoms with Crippen LogP contribution < -0.4 is 21.2 Å². The summed E-state index contributed by atoms with van der Waals surface area (Å²) < 4.78 is 37.5. The highest BCUT2D eigenvalue weighted by atomic mass is 31.2. The molecule has 3 aromatic rings. The molecule has 254 valence electrons. The lowest BCUT2D eigenvalue weighted by Gasteiger charge is -2.29. The number of aromatic amines is 1. The van der Waals surface area contributed by atoms with Crippen LogP contribution in [0.25, 0.3) is 11.2 Å². The number of ether oxygens (including phenoxy) is 4. The van der Waals surface area contributed by atoms with E-state index in [2.05, 4.69) is 20.0 Å². The lowest BCUT2D eigenvalue weighted by molar-refractivity contribution is -0.158. The molecule has 0 spiro atoms. The molecule has 4 N–H and O–H groups in total. The summed E-state index contributed by atoms with van der Waals surface area (Å²) in [6.07, 6.45) is -0.0280. The van der Waals surface area contributed by atoms with Crippen molar-refractivity contribution in [1.82, 2.24) is 24.6 Å². The summed E-state index contributed by atoms with van der Waals surface area (Å²) in [5.74, 6) is -1.70. The molecule has 2 aromatic heterocycles. The zero-order valence-corrected chi connectivity index (χ0v) is 29.0. The summed E-state index contributed by atoms with van der Waals surface area (Å²) in [7, 11) is -1.91. The van der Waals surface area contributed by atoms with E-state index < -0.39 is 48.1 Å². The van der Waals surface area contributed by atoms with Crippen LogP contribution in [-0.4, -0.2) is 75.2 Å². The van der Waals surface area contributed by atoms with Crippen molar-refractivity contribution < 1.29 is 33.1 Å². The topological polar surface area (TPSA) is 190 Å². The number of rotatable bonds is 14. The average molecular weight is 663 g/mol. The minimum Gasteiger partial charge on any atom is -0.461 e. The van der Waals surface area contributed by atoms with Gasteiger partial charge in [-0.25, -0.2) is 4.79 Å². The predicted octanol–water partition coefficient (Wildman–Crippen LogP) is 3.85. The number of methoxy groups -OCH3 is 1. The fourth-order valence-corrected chi connectivity index (χ4v) is 7.60. The van der Waals surface area contributed by atoms with Crippen molar-refractivity contribution >= 4 is 36.2 Å². The number of carbonyl (C=O) groups is 2. The van der Waals surface area contributed by atoms with E-state index in [0.29, 0.717) is 17.7 Å². The number of hydrogen-bond acceptors (Lipinski definition) is 11. The van der Waals surface area contributed by atoms with Gasteiger partial charge in [-0.3, -0.25) is 19.2 Å². The first-order valence-electron chi connectivity index (χ1n) is 15.1. The van der Waals surface area contributed by atoms with E-state index in [0.717, 1.165) is 0 Å². The number of carbonyl (C=O) groups excluding carboxylic acids is 2. The summed E-state index contributed by atoms with van der Waals surface area (Å²) in [5.41, 5.74) is 6.11. The van der Waals surface area contributed by atoms with Crippen LogP contribution in [0.3, 0.4) is 0 Å². The maximum Gasteiger partial charge on any atom is 0.328 e. The number of esters is 2. The zero-order chi connectivity index (χ0) is 34.4. The fourth-order valence-electron chi connectivity index (χ4n) is 4.64. The number of hydrogen-bond donors (Lipinski definition) is 3. The first-order chi connectivity index (χ1) is 21.3. The van der Waals surface area contributed by atoms with Gasteiger partial charge in [0.05, 0.1) is 19.1 Å². The Balaban J connectivity index is 1.91. The molecule has 0 fully saturated rings. The van der Waals surface area contributed by atoms with Crippen molar-refractivity contribution in [2.45, 2.75) is 85.3 Å². The molecule has 2 heterocycles. The van der Waals surface area contributed by atoms with Crippen LogP contribution in [-0.2, 0) is 41.1 Å². The van der Waals surface area contributed by atoms with Crippen molar-refractivity contribution in [2.24, 2.45) is 5.92 Å². The highest BCUT2D eigenvalue weighted by molar-refractivity contribution is 7.61. The van der Waals surface area contributed by atoms with Crippen LogP contribution in [0.1, 0.15) is 66.5 Å². The molecular weight excluding hydrogens is 615 g/mol. The van der Waals surface area contributed by atoms with Crippen molar-refractivity contribution in [3.63, 3.8) is 0 Å². The monoisotopic (exact) mass is 662 g/mol. The normalized spacial score (nSPS) is 14.8. The Labute approximate surface area is 269 Å². The number of nitrogens with two attached hydrogens (primary N) is 1. The van der Waals surface area contributed by atoms with E-state index in [4.69, 9.17) is 24.7 Å². The Hall–Kier alpha value is -3.74. The van der Waals surface area contributed by atoms with E-state index in [-0.39, 0.29) is 48.5 Å². The number of nitrogen functional groups attached to an aromatic ring is 1. The minimum atomic E-state index is -3.45. The standard InChI is InChI=1S/C31H47N6O8P/c1-19(26(38)44-30(3,4)5)17-46(41,36-20(2)27(39)45-31(6,7)8)18-22-12-10-11-21(15-22)16-37-25-23(33-29(37)40)24(32)34-28(35-25)43-14-13-42-9/h10-12,15,19-20H,13-14,16-18H2,1-9H3,(H,33,40)(H,36,41)(H2,32,34,35). The van der Waals surface area contributed by atoms with Crippen molar-refractivity contribution in [3.8, 4) is 6.01 Å². The number of benzene rings is 1. The van der Waals surface area contributed by atoms with E-state index in [1.807, 2.05) is 12.1 Å². The van der Waals surface area contributed by atoms with E-state index in [9.17, 15) is 18.9 Å². The maximum absolute atomic E-state index is 14.5. The Morgan fingerprint density at radius 2 is 1.65 bits per heavy atom. The molecule has 1 aromatic carbocycles. The number of nitrogens with zero attached hydrogens (tertiary/aromatic N) is 3. The SMILES string of the molecule is COCCOc1nc(N)c2[nH]c(=O)n(Cc3cccc(CP(=O)(CC(C)C(=O)OC(C)(C)C)NC(C)C(=O)OC(C)(C)C)c3)c2n1. The Morgan fingerprint density at radius 1 is 1.02 bits per heavy atom. The lowest BCUT2D eigenvalue weighted by Crippen LogP contribution is -2.39. The molecule has 0 aliphatic carbocycles. The number of nitrogens with one attached hydrogen (secondary N) is 2. The van der Waals surface area contributed by atoms with Gasteiger partial charge in [-0.2, -0.15) is 9.97 Å². The van der Waals surface area contributed by atoms with Crippen LogP contribution in [0, 0.1) is 5.92 Å². The Kier molecular flexibility index (Phi) is 11.8. The fraction of sp³-hybridized carbons (Fsp3) is 0.581. The molecular formula is C31H47N6O8P. The van der Waals surface area contributed by atoms with Gasteiger partial charge in [0.25, 0.3) is 0 Å². The molecule has 14 nitrogen and oxygen atoms in total. The van der Waals surface area contributed by atoms with E-state index >= 15 is 0 Å². The second-order valence-electron chi connectivity index (χ2n) is 13.3. The van der Waals surface area contributed by atoms with Crippen LogP contribution in [0.4, 0.5) is 5.82 Å².